The van der Waals surface area contributed by atoms with E-state index in [1.165, 1.54) is 12.8 Å². The minimum absolute atomic E-state index is 0.211. The molecule has 1 aromatic carbocycles. The Balaban J connectivity index is 2.60. The first-order valence-corrected chi connectivity index (χ1v) is 5.67. The highest BCUT2D eigenvalue weighted by Crippen LogP contribution is 2.27. The summed E-state index contributed by atoms with van der Waals surface area (Å²) in [6.07, 6.45) is 2.36. The molecule has 2 nitrogen and oxygen atoms in total. The molecule has 0 saturated carbocycles. The fraction of sp³-hybridized carbons (Fsp3) is 0.500. The third-order valence-corrected chi connectivity index (χ3v) is 2.71. The summed E-state index contributed by atoms with van der Waals surface area (Å²) in [5.41, 5.74) is 0.890. The largest absolute Gasteiger partial charge is 0.506 e. The second-order valence-corrected chi connectivity index (χ2v) is 4.25. The number of nitrogens with zero attached hydrogens (tertiary/aromatic N) is 1. The predicted molar refractivity (Wildman–Crippen MR) is 64.4 cm³/mol. The summed E-state index contributed by atoms with van der Waals surface area (Å²) in [5.74, 6) is 0.211. The number of para-hydroxylation sites is 1. The van der Waals surface area contributed by atoms with Crippen LogP contribution < -0.4 is 0 Å². The Kier molecular flexibility index (Phi) is 4.92. The highest BCUT2D eigenvalue weighted by atomic mass is 35.5. The predicted octanol–water partition coefficient (Wildman–Crippen LogP) is 3.28. The molecule has 0 bridgehead atoms. The third kappa shape index (κ3) is 3.73. The quantitative estimate of drug-likeness (QED) is 0.835. The van der Waals surface area contributed by atoms with E-state index >= 15 is 0 Å². The molecule has 0 aliphatic rings. The van der Waals surface area contributed by atoms with Gasteiger partial charge in [-0.25, -0.2) is 0 Å². The molecule has 0 amide bonds. The lowest BCUT2D eigenvalue weighted by Gasteiger charge is -2.17. The van der Waals surface area contributed by atoms with Gasteiger partial charge in [-0.1, -0.05) is 37.1 Å². The average molecular weight is 228 g/mol. The van der Waals surface area contributed by atoms with E-state index in [0.717, 1.165) is 18.7 Å². The van der Waals surface area contributed by atoms with Crippen LogP contribution in [0.5, 0.6) is 5.75 Å². The van der Waals surface area contributed by atoms with Crippen LogP contribution >= 0.6 is 11.6 Å². The first-order valence-electron chi connectivity index (χ1n) is 5.30. The molecule has 1 rings (SSSR count). The van der Waals surface area contributed by atoms with Crippen molar-refractivity contribution in [2.45, 2.75) is 26.3 Å². The maximum absolute atomic E-state index is 9.71. The van der Waals surface area contributed by atoms with Gasteiger partial charge < -0.3 is 10.0 Å². The van der Waals surface area contributed by atoms with Gasteiger partial charge in [0.15, 0.2) is 0 Å². The van der Waals surface area contributed by atoms with Gasteiger partial charge in [-0.15, -0.1) is 0 Å². The topological polar surface area (TPSA) is 23.5 Å². The average Bonchev–Trinajstić information content (AvgIpc) is 2.22. The SMILES string of the molecule is CCCCN(C)Cc1cccc(Cl)c1O. The fourth-order valence-electron chi connectivity index (χ4n) is 1.49. The summed E-state index contributed by atoms with van der Waals surface area (Å²) in [6.45, 7) is 3.96. The van der Waals surface area contributed by atoms with Crippen LogP contribution in [0.3, 0.4) is 0 Å². The normalized spacial score (nSPS) is 10.9. The molecule has 15 heavy (non-hydrogen) atoms. The lowest BCUT2D eigenvalue weighted by Crippen LogP contribution is -2.18. The first-order chi connectivity index (χ1) is 7.15. The second kappa shape index (κ2) is 5.99. The molecule has 0 aliphatic heterocycles. The molecule has 0 spiro atoms. The summed E-state index contributed by atoms with van der Waals surface area (Å²) in [7, 11) is 2.05. The van der Waals surface area contributed by atoms with Gasteiger partial charge >= 0.3 is 0 Å². The van der Waals surface area contributed by atoms with Crippen LogP contribution in [0.4, 0.5) is 0 Å². The van der Waals surface area contributed by atoms with E-state index in [1.807, 2.05) is 12.1 Å². The molecule has 0 heterocycles. The lowest BCUT2D eigenvalue weighted by molar-refractivity contribution is 0.314. The number of phenols is 1. The summed E-state index contributed by atoms with van der Waals surface area (Å²) in [6, 6.07) is 5.47. The van der Waals surface area contributed by atoms with Crippen LogP contribution in [0.25, 0.3) is 0 Å². The summed E-state index contributed by atoms with van der Waals surface area (Å²) in [5, 5.41) is 10.1. The van der Waals surface area contributed by atoms with E-state index in [4.69, 9.17) is 11.6 Å². The standard InChI is InChI=1S/C12H18ClNO/c1-3-4-8-14(2)9-10-6-5-7-11(13)12(10)15/h5-7,15H,3-4,8-9H2,1-2H3. The molecule has 1 aromatic rings. The highest BCUT2D eigenvalue weighted by molar-refractivity contribution is 6.32. The summed E-state index contributed by atoms with van der Waals surface area (Å²) in [4.78, 5) is 2.19. The van der Waals surface area contributed by atoms with E-state index in [1.54, 1.807) is 6.07 Å². The summed E-state index contributed by atoms with van der Waals surface area (Å²) < 4.78 is 0. The van der Waals surface area contributed by atoms with Crippen LogP contribution in [-0.4, -0.2) is 23.6 Å². The van der Waals surface area contributed by atoms with E-state index in [0.29, 0.717) is 5.02 Å². The Morgan fingerprint density at radius 2 is 2.13 bits per heavy atom. The Labute approximate surface area is 96.5 Å². The Morgan fingerprint density at radius 1 is 1.40 bits per heavy atom. The molecular weight excluding hydrogens is 210 g/mol. The van der Waals surface area contributed by atoms with Crippen LogP contribution in [0.15, 0.2) is 18.2 Å². The van der Waals surface area contributed by atoms with Gasteiger partial charge in [0.25, 0.3) is 0 Å². The van der Waals surface area contributed by atoms with Crippen LogP contribution in [0.2, 0.25) is 5.02 Å². The maximum atomic E-state index is 9.71. The van der Waals surface area contributed by atoms with E-state index in [2.05, 4.69) is 18.9 Å². The summed E-state index contributed by atoms with van der Waals surface area (Å²) >= 11 is 5.83. The third-order valence-electron chi connectivity index (χ3n) is 2.40. The molecular formula is C12H18ClNO. The fourth-order valence-corrected chi connectivity index (χ4v) is 1.68. The minimum Gasteiger partial charge on any atom is -0.506 e. The van der Waals surface area contributed by atoms with Gasteiger partial charge in [0.1, 0.15) is 5.75 Å². The van der Waals surface area contributed by atoms with Gasteiger partial charge in [-0.05, 0) is 26.1 Å². The zero-order valence-electron chi connectivity index (χ0n) is 9.33. The molecule has 0 unspecified atom stereocenters. The van der Waals surface area contributed by atoms with Crippen molar-refractivity contribution in [3.63, 3.8) is 0 Å². The van der Waals surface area contributed by atoms with Crippen molar-refractivity contribution in [3.05, 3.63) is 28.8 Å². The van der Waals surface area contributed by atoms with Crippen molar-refractivity contribution >= 4 is 11.6 Å². The number of phenolic OH excluding ortho intramolecular Hbond substituents is 1. The molecule has 0 aliphatic carbocycles. The second-order valence-electron chi connectivity index (χ2n) is 3.84. The van der Waals surface area contributed by atoms with Gasteiger partial charge in [-0.2, -0.15) is 0 Å². The number of hydrogen-bond donors (Lipinski definition) is 1. The van der Waals surface area contributed by atoms with Crippen LogP contribution in [-0.2, 0) is 6.54 Å². The Hall–Kier alpha value is -0.730. The van der Waals surface area contributed by atoms with Crippen molar-refractivity contribution < 1.29 is 5.11 Å². The molecule has 0 aromatic heterocycles. The molecule has 0 fully saturated rings. The zero-order chi connectivity index (χ0) is 11.3. The number of benzene rings is 1. The highest BCUT2D eigenvalue weighted by Gasteiger charge is 2.07. The van der Waals surface area contributed by atoms with Crippen molar-refractivity contribution in [2.24, 2.45) is 0 Å². The monoisotopic (exact) mass is 227 g/mol. The van der Waals surface area contributed by atoms with Crippen LogP contribution in [0, 0.1) is 0 Å². The van der Waals surface area contributed by atoms with Crippen molar-refractivity contribution in [2.75, 3.05) is 13.6 Å². The number of aromatic hydroxyl groups is 1. The van der Waals surface area contributed by atoms with Crippen molar-refractivity contribution in [1.82, 2.24) is 4.90 Å². The molecule has 0 saturated heterocycles. The van der Waals surface area contributed by atoms with Gasteiger partial charge in [-0.3, -0.25) is 0 Å². The number of halogens is 1. The van der Waals surface area contributed by atoms with Gasteiger partial charge in [0, 0.05) is 12.1 Å². The van der Waals surface area contributed by atoms with Crippen LogP contribution in [0.1, 0.15) is 25.3 Å². The number of hydrogen-bond acceptors (Lipinski definition) is 2. The van der Waals surface area contributed by atoms with E-state index in [-0.39, 0.29) is 5.75 Å². The van der Waals surface area contributed by atoms with Gasteiger partial charge in [0.2, 0.25) is 0 Å². The van der Waals surface area contributed by atoms with Crippen molar-refractivity contribution in [3.8, 4) is 5.75 Å². The first kappa shape index (κ1) is 12.3. The molecule has 0 atom stereocenters. The molecule has 1 N–H and O–H groups in total. The zero-order valence-corrected chi connectivity index (χ0v) is 10.1. The van der Waals surface area contributed by atoms with Gasteiger partial charge in [0.05, 0.1) is 5.02 Å². The lowest BCUT2D eigenvalue weighted by atomic mass is 10.2. The molecule has 3 heteroatoms. The molecule has 84 valence electrons. The number of unbranched alkanes of at least 4 members (excludes halogenated alkanes) is 1. The van der Waals surface area contributed by atoms with Crippen molar-refractivity contribution in [1.29, 1.82) is 0 Å². The molecule has 0 radical (unpaired) electrons. The maximum Gasteiger partial charge on any atom is 0.138 e. The Morgan fingerprint density at radius 3 is 2.80 bits per heavy atom. The van der Waals surface area contributed by atoms with E-state index in [9.17, 15) is 5.11 Å². The Bertz CT molecular complexity index is 314. The smallest absolute Gasteiger partial charge is 0.138 e. The minimum atomic E-state index is 0.211. The number of rotatable bonds is 5. The van der Waals surface area contributed by atoms with E-state index < -0.39 is 0 Å².